The first-order valence-electron chi connectivity index (χ1n) is 5.72. The van der Waals surface area contributed by atoms with Gasteiger partial charge in [0, 0.05) is 9.79 Å². The van der Waals surface area contributed by atoms with Gasteiger partial charge in [-0.05, 0) is 24.3 Å². The smallest absolute Gasteiger partial charge is 0.267 e. The van der Waals surface area contributed by atoms with Gasteiger partial charge in [-0.3, -0.25) is 9.59 Å². The Kier molecular flexibility index (Phi) is 4.49. The number of thiol groups is 2. The second-order valence-corrected chi connectivity index (χ2v) is 4.98. The first-order chi connectivity index (χ1) is 9.52. The van der Waals surface area contributed by atoms with Gasteiger partial charge < -0.3 is 0 Å². The average molecular weight is 304 g/mol. The molecule has 2 rings (SSSR count). The Morgan fingerprint density at radius 3 is 1.50 bits per heavy atom. The molecule has 0 aromatic heterocycles. The van der Waals surface area contributed by atoms with Crippen LogP contribution in [0.5, 0.6) is 0 Å². The summed E-state index contributed by atoms with van der Waals surface area (Å²) >= 11 is 8.36. The Hall–Kier alpha value is -1.76. The predicted octanol–water partition coefficient (Wildman–Crippen LogP) is 2.42. The van der Waals surface area contributed by atoms with Crippen LogP contribution in [0.1, 0.15) is 20.7 Å². The quantitative estimate of drug-likeness (QED) is 0.262. The second-order valence-electron chi connectivity index (χ2n) is 4.01. The lowest BCUT2D eigenvalue weighted by atomic mass is 10.1. The zero-order chi connectivity index (χ0) is 14.7. The number of amides is 2. The van der Waals surface area contributed by atoms with E-state index in [0.29, 0.717) is 14.8 Å². The van der Waals surface area contributed by atoms with Crippen molar-refractivity contribution in [2.75, 3.05) is 0 Å². The molecule has 0 aliphatic carbocycles. The van der Waals surface area contributed by atoms with Gasteiger partial charge >= 0.3 is 0 Å². The fraction of sp³-hybridized carbons (Fsp3) is 0. The number of hydrogen-bond acceptors (Lipinski definition) is 5. The molecule has 2 aromatic carbocycles. The fourth-order valence-corrected chi connectivity index (χ4v) is 2.17. The molecule has 2 amide bonds. The molecule has 0 aliphatic heterocycles. The average Bonchev–Trinajstić information content (AvgIpc) is 2.46. The van der Waals surface area contributed by atoms with Crippen molar-refractivity contribution in [1.29, 1.82) is 0 Å². The van der Waals surface area contributed by atoms with Crippen LogP contribution in [0.25, 0.3) is 0 Å². The van der Waals surface area contributed by atoms with Crippen molar-refractivity contribution in [2.24, 2.45) is 5.84 Å². The third kappa shape index (κ3) is 2.87. The summed E-state index contributed by atoms with van der Waals surface area (Å²) in [6.07, 6.45) is 0. The highest BCUT2D eigenvalue weighted by Gasteiger charge is 2.23. The van der Waals surface area contributed by atoms with Crippen molar-refractivity contribution < 1.29 is 9.59 Å². The summed E-state index contributed by atoms with van der Waals surface area (Å²) in [6, 6.07) is 13.3. The number of carbonyl (C=O) groups excluding carboxylic acids is 2. The Labute approximate surface area is 127 Å². The summed E-state index contributed by atoms with van der Waals surface area (Å²) in [7, 11) is 0. The molecular weight excluding hydrogens is 292 g/mol. The highest BCUT2D eigenvalue weighted by molar-refractivity contribution is 7.80. The fourth-order valence-electron chi connectivity index (χ4n) is 1.66. The van der Waals surface area contributed by atoms with E-state index in [-0.39, 0.29) is 11.1 Å². The third-order valence-corrected chi connectivity index (χ3v) is 3.49. The molecule has 0 radical (unpaired) electrons. The van der Waals surface area contributed by atoms with Gasteiger partial charge in [-0.15, -0.1) is 25.3 Å². The molecule has 0 heterocycles. The van der Waals surface area contributed by atoms with Gasteiger partial charge in [0.1, 0.15) is 0 Å². The lowest BCUT2D eigenvalue weighted by Crippen LogP contribution is -2.42. The van der Waals surface area contributed by atoms with E-state index in [1.807, 2.05) is 0 Å². The molecule has 20 heavy (non-hydrogen) atoms. The van der Waals surface area contributed by atoms with E-state index >= 15 is 0 Å². The van der Waals surface area contributed by atoms with E-state index in [4.69, 9.17) is 5.84 Å². The van der Waals surface area contributed by atoms with Crippen LogP contribution in [0.3, 0.4) is 0 Å². The maximum Gasteiger partial charge on any atom is 0.276 e. The van der Waals surface area contributed by atoms with Gasteiger partial charge in [0.15, 0.2) is 0 Å². The normalized spacial score (nSPS) is 10.2. The number of rotatable bonds is 2. The van der Waals surface area contributed by atoms with Crippen molar-refractivity contribution >= 4 is 37.1 Å². The van der Waals surface area contributed by atoms with Gasteiger partial charge in [0.25, 0.3) is 11.8 Å². The summed E-state index contributed by atoms with van der Waals surface area (Å²) in [5, 5.41) is 0.574. The molecule has 6 heteroatoms. The molecule has 0 aliphatic rings. The van der Waals surface area contributed by atoms with Crippen LogP contribution in [-0.2, 0) is 0 Å². The number of hydrogen-bond donors (Lipinski definition) is 3. The predicted molar refractivity (Wildman–Crippen MR) is 82.1 cm³/mol. The van der Waals surface area contributed by atoms with E-state index in [1.54, 1.807) is 48.5 Å². The van der Waals surface area contributed by atoms with Crippen molar-refractivity contribution in [3.8, 4) is 0 Å². The van der Waals surface area contributed by atoms with Crippen LogP contribution in [0.2, 0.25) is 0 Å². The maximum absolute atomic E-state index is 12.2. The zero-order valence-electron chi connectivity index (χ0n) is 10.4. The monoisotopic (exact) mass is 304 g/mol. The van der Waals surface area contributed by atoms with E-state index in [0.717, 1.165) is 0 Å². The zero-order valence-corrected chi connectivity index (χ0v) is 12.1. The van der Waals surface area contributed by atoms with Crippen LogP contribution in [0.4, 0.5) is 0 Å². The summed E-state index contributed by atoms with van der Waals surface area (Å²) in [5.41, 5.74) is 0.534. The second kappa shape index (κ2) is 6.13. The van der Waals surface area contributed by atoms with Gasteiger partial charge in [0.2, 0.25) is 0 Å². The van der Waals surface area contributed by atoms with Gasteiger partial charge in [0.05, 0.1) is 11.1 Å². The Morgan fingerprint density at radius 1 is 0.800 bits per heavy atom. The first-order valence-corrected chi connectivity index (χ1v) is 6.61. The van der Waals surface area contributed by atoms with E-state index in [9.17, 15) is 9.59 Å². The number of carbonyl (C=O) groups is 2. The van der Waals surface area contributed by atoms with Crippen LogP contribution in [-0.4, -0.2) is 16.8 Å². The van der Waals surface area contributed by atoms with Crippen LogP contribution < -0.4 is 5.84 Å². The topological polar surface area (TPSA) is 63.4 Å². The first kappa shape index (κ1) is 14.6. The molecule has 0 atom stereocenters. The third-order valence-electron chi connectivity index (χ3n) is 2.71. The molecular formula is C14H12N2O2S2. The molecule has 2 N–H and O–H groups in total. The lowest BCUT2D eigenvalue weighted by molar-refractivity contribution is 0.0611. The van der Waals surface area contributed by atoms with E-state index in [2.05, 4.69) is 25.3 Å². The number of benzene rings is 2. The Bertz CT molecular complexity index is 616. The van der Waals surface area contributed by atoms with E-state index in [1.165, 1.54) is 0 Å². The van der Waals surface area contributed by atoms with Gasteiger partial charge in [-0.2, -0.15) is 0 Å². The molecule has 102 valence electrons. The van der Waals surface area contributed by atoms with Crippen molar-refractivity contribution in [2.45, 2.75) is 9.79 Å². The Balaban J connectivity index is 2.30. The minimum Gasteiger partial charge on any atom is -0.267 e. The number of nitrogens with two attached hydrogens (primary N) is 1. The van der Waals surface area contributed by atoms with Gasteiger partial charge in [-0.25, -0.2) is 10.9 Å². The highest BCUT2D eigenvalue weighted by Crippen LogP contribution is 2.18. The Morgan fingerprint density at radius 2 is 1.15 bits per heavy atom. The SMILES string of the molecule is NN(C(=O)c1ccccc1S)C(=O)c1ccccc1S. The van der Waals surface area contributed by atoms with Crippen molar-refractivity contribution in [3.63, 3.8) is 0 Å². The molecule has 0 fully saturated rings. The minimum absolute atomic E-state index is 0.267. The van der Waals surface area contributed by atoms with Gasteiger partial charge in [-0.1, -0.05) is 24.3 Å². The molecule has 0 spiro atoms. The number of hydrazine groups is 1. The van der Waals surface area contributed by atoms with Crippen LogP contribution in [0.15, 0.2) is 58.3 Å². The molecule has 4 nitrogen and oxygen atoms in total. The molecule has 0 bridgehead atoms. The molecule has 0 saturated heterocycles. The summed E-state index contributed by atoms with van der Waals surface area (Å²) in [4.78, 5) is 25.3. The summed E-state index contributed by atoms with van der Waals surface area (Å²) < 4.78 is 0. The standard InChI is InChI=1S/C14H12N2O2S2/c15-16(13(17)9-5-1-3-7-11(9)19)14(18)10-6-2-4-8-12(10)20/h1-8,19-20H,15H2. The summed E-state index contributed by atoms with van der Waals surface area (Å²) in [6.45, 7) is 0. The van der Waals surface area contributed by atoms with E-state index < -0.39 is 11.8 Å². The number of nitrogens with zero attached hydrogens (tertiary/aromatic N) is 1. The molecule has 0 saturated carbocycles. The van der Waals surface area contributed by atoms with Crippen LogP contribution >= 0.6 is 25.3 Å². The summed E-state index contributed by atoms with van der Waals surface area (Å²) in [5.74, 6) is 4.40. The molecule has 0 unspecified atom stereocenters. The highest BCUT2D eigenvalue weighted by atomic mass is 32.1. The number of imide groups is 1. The largest absolute Gasteiger partial charge is 0.276 e. The van der Waals surface area contributed by atoms with Crippen LogP contribution in [0, 0.1) is 0 Å². The maximum atomic E-state index is 12.2. The molecule has 2 aromatic rings. The lowest BCUT2D eigenvalue weighted by Gasteiger charge is -2.16. The van der Waals surface area contributed by atoms with Crippen molar-refractivity contribution in [1.82, 2.24) is 5.01 Å². The minimum atomic E-state index is -0.614. The van der Waals surface area contributed by atoms with Crippen molar-refractivity contribution in [3.05, 3.63) is 59.7 Å².